The van der Waals surface area contributed by atoms with Crippen LogP contribution in [0.15, 0.2) is 0 Å². The molecular formula is C9H13N3O3S. The fourth-order valence-electron chi connectivity index (χ4n) is 1.13. The van der Waals surface area contributed by atoms with Crippen molar-refractivity contribution in [2.24, 2.45) is 0 Å². The topological polar surface area (TPSA) is 80.3 Å². The summed E-state index contributed by atoms with van der Waals surface area (Å²) in [5, 5.41) is 5.34. The molecule has 0 spiro atoms. The van der Waals surface area contributed by atoms with Crippen LogP contribution in [-0.2, 0) is 11.2 Å². The van der Waals surface area contributed by atoms with Gasteiger partial charge in [0, 0.05) is 7.05 Å². The molecule has 0 bridgehead atoms. The summed E-state index contributed by atoms with van der Waals surface area (Å²) < 4.78 is 8.74. The summed E-state index contributed by atoms with van der Waals surface area (Å²) in [6, 6.07) is -0.392. The third kappa shape index (κ3) is 2.48. The molecule has 0 aliphatic carbocycles. The first-order valence-corrected chi connectivity index (χ1v) is 5.46. The van der Waals surface area contributed by atoms with Crippen molar-refractivity contribution >= 4 is 28.5 Å². The Labute approximate surface area is 97.2 Å². The van der Waals surface area contributed by atoms with E-state index in [0.717, 1.165) is 11.5 Å². The van der Waals surface area contributed by atoms with Crippen LogP contribution in [0.5, 0.6) is 0 Å². The van der Waals surface area contributed by atoms with Gasteiger partial charge in [0.25, 0.3) is 0 Å². The van der Waals surface area contributed by atoms with E-state index in [9.17, 15) is 9.59 Å². The molecule has 2 N–H and O–H groups in total. The van der Waals surface area contributed by atoms with Crippen molar-refractivity contribution in [3.8, 4) is 0 Å². The molecule has 7 heteroatoms. The Morgan fingerprint density at radius 2 is 2.19 bits per heavy atom. The van der Waals surface area contributed by atoms with E-state index in [1.807, 2.05) is 6.92 Å². The Morgan fingerprint density at radius 1 is 1.50 bits per heavy atom. The van der Waals surface area contributed by atoms with E-state index in [1.165, 1.54) is 14.2 Å². The Morgan fingerprint density at radius 3 is 2.69 bits per heavy atom. The fraction of sp³-hybridized carbons (Fsp3) is 0.444. The van der Waals surface area contributed by atoms with E-state index in [4.69, 9.17) is 0 Å². The maximum absolute atomic E-state index is 11.5. The molecule has 1 aromatic heterocycles. The summed E-state index contributed by atoms with van der Waals surface area (Å²) in [5.74, 6) is -0.489. The fourth-order valence-corrected chi connectivity index (χ4v) is 1.98. The van der Waals surface area contributed by atoms with Gasteiger partial charge in [-0.25, -0.2) is 9.59 Å². The molecule has 2 amide bonds. The highest BCUT2D eigenvalue weighted by Crippen LogP contribution is 2.25. The second-order valence-corrected chi connectivity index (χ2v) is 3.66. The van der Waals surface area contributed by atoms with E-state index < -0.39 is 12.0 Å². The summed E-state index contributed by atoms with van der Waals surface area (Å²) >= 11 is 1.07. The average Bonchev–Trinajstić information content (AvgIpc) is 2.70. The predicted octanol–water partition coefficient (Wildman–Crippen LogP) is 1.24. The molecule has 0 aliphatic heterocycles. The van der Waals surface area contributed by atoms with Gasteiger partial charge in [0.15, 0.2) is 0 Å². The first-order chi connectivity index (χ1) is 7.63. The molecule has 1 aromatic rings. The maximum atomic E-state index is 11.5. The highest BCUT2D eigenvalue weighted by molar-refractivity contribution is 7.11. The number of anilines is 1. The average molecular weight is 243 g/mol. The minimum atomic E-state index is -0.489. The Kier molecular flexibility index (Phi) is 4.24. The number of amides is 2. The Balaban J connectivity index is 3.04. The largest absolute Gasteiger partial charge is 0.465 e. The number of esters is 1. The lowest BCUT2D eigenvalue weighted by Gasteiger charge is -2.04. The molecular weight excluding hydrogens is 230 g/mol. The van der Waals surface area contributed by atoms with Gasteiger partial charge in [0.2, 0.25) is 0 Å². The second-order valence-electron chi connectivity index (χ2n) is 2.88. The van der Waals surface area contributed by atoms with Gasteiger partial charge in [-0.1, -0.05) is 6.92 Å². The van der Waals surface area contributed by atoms with Crippen molar-refractivity contribution in [2.45, 2.75) is 13.3 Å². The van der Waals surface area contributed by atoms with Crippen LogP contribution in [0.3, 0.4) is 0 Å². The lowest BCUT2D eigenvalue weighted by molar-refractivity contribution is 0.0601. The zero-order valence-corrected chi connectivity index (χ0v) is 10.1. The minimum Gasteiger partial charge on any atom is -0.465 e. The van der Waals surface area contributed by atoms with Gasteiger partial charge in [0.1, 0.15) is 10.6 Å². The molecule has 0 radical (unpaired) electrons. The van der Waals surface area contributed by atoms with E-state index in [2.05, 4.69) is 19.7 Å². The number of nitrogens with one attached hydrogen (secondary N) is 2. The number of hydrogen-bond donors (Lipinski definition) is 2. The van der Waals surface area contributed by atoms with Crippen molar-refractivity contribution in [3.63, 3.8) is 0 Å². The zero-order chi connectivity index (χ0) is 12.1. The summed E-state index contributed by atoms with van der Waals surface area (Å²) in [7, 11) is 2.79. The van der Waals surface area contributed by atoms with Gasteiger partial charge in [-0.2, -0.15) is 4.37 Å². The zero-order valence-electron chi connectivity index (χ0n) is 9.29. The summed E-state index contributed by atoms with van der Waals surface area (Å²) in [5.41, 5.74) is 0.960. The van der Waals surface area contributed by atoms with E-state index in [0.29, 0.717) is 22.7 Å². The van der Waals surface area contributed by atoms with Crippen molar-refractivity contribution in [3.05, 3.63) is 11.3 Å². The molecule has 0 unspecified atom stereocenters. The number of nitrogens with zero attached hydrogens (tertiary/aromatic N) is 1. The molecule has 0 saturated heterocycles. The molecule has 6 nitrogen and oxygen atoms in total. The Hall–Kier alpha value is -1.63. The van der Waals surface area contributed by atoms with E-state index >= 15 is 0 Å². The SMILES string of the molecule is CCc1nsc(NC(=O)NC)c1C(=O)OC. The van der Waals surface area contributed by atoms with Crippen LogP contribution in [0, 0.1) is 0 Å². The van der Waals surface area contributed by atoms with Gasteiger partial charge in [-0.05, 0) is 18.0 Å². The molecule has 1 rings (SSSR count). The number of aromatic nitrogens is 1. The molecule has 16 heavy (non-hydrogen) atoms. The van der Waals surface area contributed by atoms with E-state index in [-0.39, 0.29) is 0 Å². The maximum Gasteiger partial charge on any atom is 0.342 e. The van der Waals surface area contributed by atoms with Crippen LogP contribution in [0.4, 0.5) is 9.80 Å². The van der Waals surface area contributed by atoms with Gasteiger partial charge in [-0.15, -0.1) is 0 Å². The van der Waals surface area contributed by atoms with Crippen LogP contribution < -0.4 is 10.6 Å². The first kappa shape index (κ1) is 12.4. The lowest BCUT2D eigenvalue weighted by Crippen LogP contribution is -2.25. The number of carbonyl (C=O) groups is 2. The minimum absolute atomic E-state index is 0.332. The van der Waals surface area contributed by atoms with Crippen molar-refractivity contribution in [1.82, 2.24) is 9.69 Å². The second kappa shape index (κ2) is 5.45. The van der Waals surface area contributed by atoms with Gasteiger partial charge >= 0.3 is 12.0 Å². The first-order valence-electron chi connectivity index (χ1n) is 4.69. The quantitative estimate of drug-likeness (QED) is 0.783. The number of urea groups is 1. The molecule has 0 aromatic carbocycles. The Bertz CT molecular complexity index is 403. The third-order valence-electron chi connectivity index (χ3n) is 1.94. The van der Waals surface area contributed by atoms with Crippen molar-refractivity contribution in [2.75, 3.05) is 19.5 Å². The van der Waals surface area contributed by atoms with Gasteiger partial charge in [0.05, 0.1) is 12.8 Å². The number of aryl methyl sites for hydroxylation is 1. The third-order valence-corrected chi connectivity index (χ3v) is 2.74. The molecule has 0 saturated carbocycles. The number of methoxy groups -OCH3 is 1. The lowest BCUT2D eigenvalue weighted by atomic mass is 10.2. The monoisotopic (exact) mass is 243 g/mol. The molecule has 0 aliphatic rings. The highest BCUT2D eigenvalue weighted by atomic mass is 32.1. The molecule has 0 fully saturated rings. The number of rotatable bonds is 3. The van der Waals surface area contributed by atoms with Crippen molar-refractivity contribution in [1.29, 1.82) is 0 Å². The number of ether oxygens (including phenoxy) is 1. The molecule has 0 atom stereocenters. The molecule has 88 valence electrons. The van der Waals surface area contributed by atoms with Crippen LogP contribution in [0.25, 0.3) is 0 Å². The summed E-state index contributed by atoms with van der Waals surface area (Å²) in [6.07, 6.45) is 0.607. The van der Waals surface area contributed by atoms with Crippen LogP contribution in [0.1, 0.15) is 23.0 Å². The number of hydrogen-bond acceptors (Lipinski definition) is 5. The predicted molar refractivity (Wildman–Crippen MR) is 60.9 cm³/mol. The van der Waals surface area contributed by atoms with E-state index in [1.54, 1.807) is 0 Å². The van der Waals surface area contributed by atoms with Gasteiger partial charge in [-0.3, -0.25) is 5.32 Å². The summed E-state index contributed by atoms with van der Waals surface area (Å²) in [6.45, 7) is 1.88. The number of carbonyl (C=O) groups excluding carboxylic acids is 2. The standard InChI is InChI=1S/C9H13N3O3S/c1-4-5-6(8(13)15-3)7(16-12-5)11-9(14)10-2/h4H2,1-3H3,(H2,10,11,14). The van der Waals surface area contributed by atoms with Crippen molar-refractivity contribution < 1.29 is 14.3 Å². The highest BCUT2D eigenvalue weighted by Gasteiger charge is 2.21. The van der Waals surface area contributed by atoms with Crippen LogP contribution in [0.2, 0.25) is 0 Å². The van der Waals surface area contributed by atoms with Crippen LogP contribution >= 0.6 is 11.5 Å². The normalized spacial score (nSPS) is 9.69. The smallest absolute Gasteiger partial charge is 0.342 e. The molecule has 1 heterocycles. The van der Waals surface area contributed by atoms with Gasteiger partial charge < -0.3 is 10.1 Å². The summed E-state index contributed by atoms with van der Waals surface area (Å²) in [4.78, 5) is 22.7. The van der Waals surface area contributed by atoms with Crippen LogP contribution in [-0.4, -0.2) is 30.5 Å².